The van der Waals surface area contributed by atoms with Crippen LogP contribution in [0.25, 0.3) is 5.95 Å². The first-order chi connectivity index (χ1) is 10.0. The minimum atomic E-state index is -0.518. The maximum atomic E-state index is 9.35. The van der Waals surface area contributed by atoms with E-state index in [9.17, 15) is 5.11 Å². The molecule has 0 radical (unpaired) electrons. The Hall–Kier alpha value is -2.22. The number of rotatable bonds is 7. The second-order valence-electron chi connectivity index (χ2n) is 5.35. The molecule has 114 valence electrons. The number of anilines is 2. The van der Waals surface area contributed by atoms with Gasteiger partial charge in [0.05, 0.1) is 12.1 Å². The van der Waals surface area contributed by atoms with E-state index >= 15 is 0 Å². The van der Waals surface area contributed by atoms with E-state index in [4.69, 9.17) is 0 Å². The highest BCUT2D eigenvalue weighted by Gasteiger charge is 2.18. The predicted molar refractivity (Wildman–Crippen MR) is 80.5 cm³/mol. The summed E-state index contributed by atoms with van der Waals surface area (Å²) in [6.07, 6.45) is 6.02. The molecule has 0 spiro atoms. The highest BCUT2D eigenvalue weighted by atomic mass is 16.3. The molecule has 2 rings (SSSR count). The van der Waals surface area contributed by atoms with Gasteiger partial charge in [-0.05, 0) is 20.3 Å². The number of aromatic nitrogens is 5. The summed E-state index contributed by atoms with van der Waals surface area (Å²) in [5.41, 5.74) is -0.518. The average Bonchev–Trinajstić information content (AvgIpc) is 2.98. The van der Waals surface area contributed by atoms with Crippen LogP contribution in [0.2, 0.25) is 0 Å². The van der Waals surface area contributed by atoms with Crippen LogP contribution >= 0.6 is 0 Å². The average molecular weight is 291 g/mol. The SMILES string of the molecule is CCCNc1nc(NC(C)(C)CO)nc(-n2ccnc2)n1. The lowest BCUT2D eigenvalue weighted by atomic mass is 10.1. The molecule has 0 saturated heterocycles. The molecule has 21 heavy (non-hydrogen) atoms. The zero-order chi connectivity index (χ0) is 15.3. The summed E-state index contributed by atoms with van der Waals surface area (Å²) in [6, 6.07) is 0. The molecule has 0 aromatic carbocycles. The Morgan fingerprint density at radius 2 is 2.00 bits per heavy atom. The molecule has 0 aliphatic rings. The minimum absolute atomic E-state index is 0.0309. The topological polar surface area (TPSA) is 101 Å². The Balaban J connectivity index is 2.33. The first-order valence-electron chi connectivity index (χ1n) is 6.91. The van der Waals surface area contributed by atoms with E-state index in [2.05, 4.69) is 37.5 Å². The third-order valence-electron chi connectivity index (χ3n) is 2.74. The number of hydrogen-bond acceptors (Lipinski definition) is 7. The lowest BCUT2D eigenvalue weighted by molar-refractivity contribution is 0.233. The third kappa shape index (κ3) is 4.12. The molecule has 0 unspecified atom stereocenters. The summed E-state index contributed by atoms with van der Waals surface area (Å²) >= 11 is 0. The van der Waals surface area contributed by atoms with Gasteiger partial charge in [-0.1, -0.05) is 6.92 Å². The van der Waals surface area contributed by atoms with E-state index in [1.54, 1.807) is 23.3 Å². The van der Waals surface area contributed by atoms with Gasteiger partial charge < -0.3 is 15.7 Å². The van der Waals surface area contributed by atoms with Gasteiger partial charge in [0.25, 0.3) is 0 Å². The molecule has 2 aromatic heterocycles. The van der Waals surface area contributed by atoms with Gasteiger partial charge in [0.1, 0.15) is 6.33 Å². The van der Waals surface area contributed by atoms with Crippen molar-refractivity contribution in [2.75, 3.05) is 23.8 Å². The normalized spacial score (nSPS) is 11.4. The van der Waals surface area contributed by atoms with Crippen LogP contribution in [0.5, 0.6) is 0 Å². The smallest absolute Gasteiger partial charge is 0.241 e. The van der Waals surface area contributed by atoms with Crippen LogP contribution < -0.4 is 10.6 Å². The quantitative estimate of drug-likeness (QED) is 0.701. The molecule has 0 bridgehead atoms. The molecule has 0 atom stereocenters. The summed E-state index contributed by atoms with van der Waals surface area (Å²) in [5, 5.41) is 15.6. The van der Waals surface area contributed by atoms with Crippen molar-refractivity contribution < 1.29 is 5.11 Å². The lowest BCUT2D eigenvalue weighted by Gasteiger charge is -2.23. The van der Waals surface area contributed by atoms with Gasteiger partial charge in [0.2, 0.25) is 17.8 Å². The Bertz CT molecular complexity index is 568. The van der Waals surface area contributed by atoms with Crippen LogP contribution in [0.4, 0.5) is 11.9 Å². The predicted octanol–water partition coefficient (Wildman–Crippen LogP) is 1.06. The van der Waals surface area contributed by atoms with E-state index in [-0.39, 0.29) is 6.61 Å². The molecule has 3 N–H and O–H groups in total. The second-order valence-corrected chi connectivity index (χ2v) is 5.35. The van der Waals surface area contributed by atoms with Gasteiger partial charge in [-0.25, -0.2) is 4.98 Å². The van der Waals surface area contributed by atoms with Crippen LogP contribution in [0, 0.1) is 0 Å². The van der Waals surface area contributed by atoms with Gasteiger partial charge in [0, 0.05) is 18.9 Å². The molecule has 2 aromatic rings. The summed E-state index contributed by atoms with van der Waals surface area (Å²) in [5.74, 6) is 1.37. The zero-order valence-corrected chi connectivity index (χ0v) is 12.5. The van der Waals surface area contributed by atoms with E-state index in [1.165, 1.54) is 0 Å². The van der Waals surface area contributed by atoms with Crippen LogP contribution in [0.15, 0.2) is 18.7 Å². The summed E-state index contributed by atoms with van der Waals surface area (Å²) in [6.45, 7) is 6.55. The standard InChI is InChI=1S/C13H21N7O/c1-4-5-15-10-16-11(19-13(2,3)8-21)18-12(17-10)20-7-6-14-9-20/h6-7,9,21H,4-5,8H2,1-3H3,(H2,15,16,17,18,19). The summed E-state index contributed by atoms with van der Waals surface area (Å²) in [4.78, 5) is 17.0. The molecule has 0 amide bonds. The van der Waals surface area contributed by atoms with Gasteiger partial charge in [-0.15, -0.1) is 0 Å². The van der Waals surface area contributed by atoms with Gasteiger partial charge >= 0.3 is 0 Å². The van der Waals surface area contributed by atoms with Crippen molar-refractivity contribution in [3.05, 3.63) is 18.7 Å². The number of hydrogen-bond donors (Lipinski definition) is 3. The van der Waals surface area contributed by atoms with Crippen molar-refractivity contribution in [3.63, 3.8) is 0 Å². The van der Waals surface area contributed by atoms with E-state index in [1.807, 2.05) is 13.8 Å². The molecule has 0 fully saturated rings. The van der Waals surface area contributed by atoms with Crippen LogP contribution in [0.3, 0.4) is 0 Å². The maximum Gasteiger partial charge on any atom is 0.241 e. The van der Waals surface area contributed by atoms with Crippen molar-refractivity contribution in [2.24, 2.45) is 0 Å². The fourth-order valence-electron chi connectivity index (χ4n) is 1.57. The van der Waals surface area contributed by atoms with Crippen LogP contribution in [-0.4, -0.2) is 48.3 Å². The zero-order valence-electron chi connectivity index (χ0n) is 12.5. The number of aliphatic hydroxyl groups excluding tert-OH is 1. The molecule has 8 nitrogen and oxygen atoms in total. The number of aliphatic hydroxyl groups is 1. The van der Waals surface area contributed by atoms with Crippen molar-refractivity contribution in [1.82, 2.24) is 24.5 Å². The Morgan fingerprint density at radius 1 is 1.24 bits per heavy atom. The van der Waals surface area contributed by atoms with Crippen molar-refractivity contribution in [1.29, 1.82) is 0 Å². The molecular formula is C13H21N7O. The van der Waals surface area contributed by atoms with E-state index in [0.717, 1.165) is 13.0 Å². The first-order valence-corrected chi connectivity index (χ1v) is 6.91. The lowest BCUT2D eigenvalue weighted by Crippen LogP contribution is -2.36. The molecule has 2 heterocycles. The summed E-state index contributed by atoms with van der Waals surface area (Å²) in [7, 11) is 0. The van der Waals surface area contributed by atoms with Crippen LogP contribution in [-0.2, 0) is 0 Å². The van der Waals surface area contributed by atoms with Gasteiger partial charge in [-0.2, -0.15) is 15.0 Å². The fourth-order valence-corrected chi connectivity index (χ4v) is 1.57. The molecule has 0 saturated carbocycles. The first kappa shape index (κ1) is 15.2. The minimum Gasteiger partial charge on any atom is -0.394 e. The number of imidazole rings is 1. The Morgan fingerprint density at radius 3 is 2.62 bits per heavy atom. The van der Waals surface area contributed by atoms with Crippen molar-refractivity contribution >= 4 is 11.9 Å². The monoisotopic (exact) mass is 291 g/mol. The van der Waals surface area contributed by atoms with Crippen LogP contribution in [0.1, 0.15) is 27.2 Å². The van der Waals surface area contributed by atoms with Crippen molar-refractivity contribution in [3.8, 4) is 5.95 Å². The second kappa shape index (κ2) is 6.49. The third-order valence-corrected chi connectivity index (χ3v) is 2.74. The highest BCUT2D eigenvalue weighted by Crippen LogP contribution is 2.14. The fraction of sp³-hybridized carbons (Fsp3) is 0.538. The largest absolute Gasteiger partial charge is 0.394 e. The Kier molecular flexibility index (Phi) is 4.69. The van der Waals surface area contributed by atoms with Gasteiger partial charge in [0.15, 0.2) is 0 Å². The number of nitrogens with zero attached hydrogens (tertiary/aromatic N) is 5. The molecule has 0 aliphatic heterocycles. The maximum absolute atomic E-state index is 9.35. The van der Waals surface area contributed by atoms with Crippen molar-refractivity contribution in [2.45, 2.75) is 32.7 Å². The molecule has 0 aliphatic carbocycles. The highest BCUT2D eigenvalue weighted by molar-refractivity contribution is 5.39. The molecule has 8 heteroatoms. The van der Waals surface area contributed by atoms with Gasteiger partial charge in [-0.3, -0.25) is 4.57 Å². The van der Waals surface area contributed by atoms with E-state index in [0.29, 0.717) is 17.8 Å². The number of nitrogens with one attached hydrogen (secondary N) is 2. The Labute approximate surface area is 123 Å². The molecular weight excluding hydrogens is 270 g/mol. The summed E-state index contributed by atoms with van der Waals surface area (Å²) < 4.78 is 1.70. The van der Waals surface area contributed by atoms with E-state index < -0.39 is 5.54 Å².